The molecular weight excluding hydrogens is 227 g/mol. The Kier molecular flexibility index (Phi) is 4.06. The molecule has 0 aliphatic heterocycles. The summed E-state index contributed by atoms with van der Waals surface area (Å²) in [5.74, 6) is -0.210. The molecule has 0 aromatic heterocycles. The van der Waals surface area contributed by atoms with Gasteiger partial charge in [-0.2, -0.15) is 5.26 Å². The smallest absolute Gasteiger partial charge is 0.127 e. The minimum absolute atomic E-state index is 0.210. The van der Waals surface area contributed by atoms with Crippen LogP contribution in [0.5, 0.6) is 0 Å². The van der Waals surface area contributed by atoms with Gasteiger partial charge in [0.15, 0.2) is 0 Å². The fourth-order valence-electron chi connectivity index (χ4n) is 1.76. The zero-order valence-electron chi connectivity index (χ0n) is 9.86. The molecule has 0 bridgehead atoms. The second-order valence-corrected chi connectivity index (χ2v) is 3.96. The maximum Gasteiger partial charge on any atom is 0.127 e. The summed E-state index contributed by atoms with van der Waals surface area (Å²) in [6.45, 7) is 1.00. The quantitative estimate of drug-likeness (QED) is 0.891. The van der Waals surface area contributed by atoms with Crippen LogP contribution in [0, 0.1) is 17.1 Å². The minimum atomic E-state index is -0.210. The fourth-order valence-corrected chi connectivity index (χ4v) is 1.76. The van der Waals surface area contributed by atoms with Crippen LogP contribution in [0.2, 0.25) is 0 Å². The normalized spacial score (nSPS) is 10.0. The summed E-state index contributed by atoms with van der Waals surface area (Å²) in [5.41, 5.74) is 2.21. The first kappa shape index (κ1) is 12.3. The van der Waals surface area contributed by atoms with Gasteiger partial charge in [0.05, 0.1) is 11.6 Å². The fraction of sp³-hybridized carbons (Fsp3) is 0.133. The molecule has 0 fully saturated rings. The number of nitrogens with zero attached hydrogens (tertiary/aromatic N) is 1. The van der Waals surface area contributed by atoms with Crippen LogP contribution in [0.3, 0.4) is 0 Å². The summed E-state index contributed by atoms with van der Waals surface area (Å²) in [5, 5.41) is 12.1. The molecule has 0 saturated carbocycles. The molecule has 0 atom stereocenters. The van der Waals surface area contributed by atoms with E-state index in [1.165, 1.54) is 6.07 Å². The number of nitrogens with one attached hydrogen (secondary N) is 1. The minimum Gasteiger partial charge on any atom is -0.308 e. The van der Waals surface area contributed by atoms with E-state index >= 15 is 0 Å². The van der Waals surface area contributed by atoms with Crippen molar-refractivity contribution in [3.8, 4) is 6.07 Å². The van der Waals surface area contributed by atoms with Gasteiger partial charge in [0.1, 0.15) is 5.82 Å². The van der Waals surface area contributed by atoms with Gasteiger partial charge in [-0.05, 0) is 17.7 Å². The third-order valence-corrected chi connectivity index (χ3v) is 2.73. The van der Waals surface area contributed by atoms with Gasteiger partial charge in [-0.15, -0.1) is 0 Å². The van der Waals surface area contributed by atoms with E-state index in [1.54, 1.807) is 18.2 Å². The lowest BCUT2D eigenvalue weighted by Gasteiger charge is -2.07. The molecule has 1 N–H and O–H groups in total. The van der Waals surface area contributed by atoms with E-state index in [2.05, 4.69) is 11.4 Å². The van der Waals surface area contributed by atoms with Crippen LogP contribution in [0.4, 0.5) is 4.39 Å². The molecule has 0 aliphatic carbocycles. The summed E-state index contributed by atoms with van der Waals surface area (Å²) < 4.78 is 13.4. The first-order chi connectivity index (χ1) is 8.81. The van der Waals surface area contributed by atoms with Crippen molar-refractivity contribution in [2.45, 2.75) is 13.1 Å². The van der Waals surface area contributed by atoms with Gasteiger partial charge in [-0.25, -0.2) is 4.39 Å². The Bertz CT molecular complexity index is 573. The standard InChI is InChI=1S/C15H13FN2/c16-15-8-4-3-7-14(15)11-18-10-13-6-2-1-5-12(13)9-17/h1-8,18H,10-11H2. The average Bonchev–Trinajstić information content (AvgIpc) is 2.41. The van der Waals surface area contributed by atoms with E-state index in [0.29, 0.717) is 24.2 Å². The molecule has 2 rings (SSSR count). The lowest BCUT2D eigenvalue weighted by Crippen LogP contribution is -2.14. The van der Waals surface area contributed by atoms with Crippen LogP contribution in [-0.4, -0.2) is 0 Å². The summed E-state index contributed by atoms with van der Waals surface area (Å²) in [7, 11) is 0. The topological polar surface area (TPSA) is 35.8 Å². The molecular formula is C15H13FN2. The van der Waals surface area contributed by atoms with Gasteiger partial charge < -0.3 is 5.32 Å². The van der Waals surface area contributed by atoms with Crippen molar-refractivity contribution in [3.63, 3.8) is 0 Å². The molecule has 0 heterocycles. The van der Waals surface area contributed by atoms with E-state index in [0.717, 1.165) is 5.56 Å². The zero-order chi connectivity index (χ0) is 12.8. The van der Waals surface area contributed by atoms with E-state index in [4.69, 9.17) is 5.26 Å². The monoisotopic (exact) mass is 240 g/mol. The van der Waals surface area contributed by atoms with E-state index in [1.807, 2.05) is 24.3 Å². The van der Waals surface area contributed by atoms with Gasteiger partial charge >= 0.3 is 0 Å². The van der Waals surface area contributed by atoms with Crippen molar-refractivity contribution < 1.29 is 4.39 Å². The molecule has 3 heteroatoms. The highest BCUT2D eigenvalue weighted by atomic mass is 19.1. The van der Waals surface area contributed by atoms with Gasteiger partial charge in [-0.1, -0.05) is 36.4 Å². The lowest BCUT2D eigenvalue weighted by molar-refractivity contribution is 0.588. The number of benzene rings is 2. The number of hydrogen-bond donors (Lipinski definition) is 1. The third kappa shape index (κ3) is 2.93. The molecule has 2 nitrogen and oxygen atoms in total. The molecule has 0 spiro atoms. The molecule has 0 unspecified atom stereocenters. The van der Waals surface area contributed by atoms with E-state index in [9.17, 15) is 4.39 Å². The Hall–Kier alpha value is -2.18. The molecule has 18 heavy (non-hydrogen) atoms. The Balaban J connectivity index is 1.97. The van der Waals surface area contributed by atoms with Crippen molar-refractivity contribution in [2.75, 3.05) is 0 Å². The van der Waals surface area contributed by atoms with Crippen molar-refractivity contribution in [3.05, 3.63) is 71.0 Å². The largest absolute Gasteiger partial charge is 0.308 e. The highest BCUT2D eigenvalue weighted by molar-refractivity contribution is 5.37. The van der Waals surface area contributed by atoms with Crippen LogP contribution >= 0.6 is 0 Å². The van der Waals surface area contributed by atoms with Crippen LogP contribution < -0.4 is 5.32 Å². The second-order valence-electron chi connectivity index (χ2n) is 3.96. The predicted molar refractivity (Wildman–Crippen MR) is 68.1 cm³/mol. The zero-order valence-corrected chi connectivity index (χ0v) is 9.86. The van der Waals surface area contributed by atoms with Crippen molar-refractivity contribution in [1.29, 1.82) is 5.26 Å². The number of nitriles is 1. The first-order valence-corrected chi connectivity index (χ1v) is 5.73. The molecule has 2 aromatic rings. The molecule has 0 saturated heterocycles. The van der Waals surface area contributed by atoms with Crippen molar-refractivity contribution in [2.24, 2.45) is 0 Å². The van der Waals surface area contributed by atoms with Crippen LogP contribution in [-0.2, 0) is 13.1 Å². The Morgan fingerprint density at radius 2 is 1.56 bits per heavy atom. The Labute approximate surface area is 106 Å². The SMILES string of the molecule is N#Cc1ccccc1CNCc1ccccc1F. The third-order valence-electron chi connectivity index (χ3n) is 2.73. The molecule has 0 amide bonds. The molecule has 0 aliphatic rings. The molecule has 2 aromatic carbocycles. The highest BCUT2D eigenvalue weighted by Gasteiger charge is 2.02. The van der Waals surface area contributed by atoms with E-state index < -0.39 is 0 Å². The maximum atomic E-state index is 13.4. The summed E-state index contributed by atoms with van der Waals surface area (Å²) >= 11 is 0. The molecule has 0 radical (unpaired) electrons. The number of halogens is 1. The Morgan fingerprint density at radius 3 is 2.28 bits per heavy atom. The highest BCUT2D eigenvalue weighted by Crippen LogP contribution is 2.09. The summed E-state index contributed by atoms with van der Waals surface area (Å²) in [6, 6.07) is 16.2. The van der Waals surface area contributed by atoms with Crippen molar-refractivity contribution in [1.82, 2.24) is 5.32 Å². The van der Waals surface area contributed by atoms with Crippen LogP contribution in [0.1, 0.15) is 16.7 Å². The van der Waals surface area contributed by atoms with Crippen molar-refractivity contribution >= 4 is 0 Å². The predicted octanol–water partition coefficient (Wildman–Crippen LogP) is 2.99. The van der Waals surface area contributed by atoms with Gasteiger partial charge in [0, 0.05) is 18.7 Å². The lowest BCUT2D eigenvalue weighted by atomic mass is 10.1. The van der Waals surface area contributed by atoms with Gasteiger partial charge in [0.25, 0.3) is 0 Å². The average molecular weight is 240 g/mol. The van der Waals surface area contributed by atoms with Gasteiger partial charge in [0.2, 0.25) is 0 Å². The molecule has 90 valence electrons. The number of hydrogen-bond acceptors (Lipinski definition) is 2. The van der Waals surface area contributed by atoms with E-state index in [-0.39, 0.29) is 5.82 Å². The summed E-state index contributed by atoms with van der Waals surface area (Å²) in [4.78, 5) is 0. The first-order valence-electron chi connectivity index (χ1n) is 5.73. The Morgan fingerprint density at radius 1 is 0.944 bits per heavy atom. The maximum absolute atomic E-state index is 13.4. The van der Waals surface area contributed by atoms with Gasteiger partial charge in [-0.3, -0.25) is 0 Å². The van der Waals surface area contributed by atoms with Crippen LogP contribution in [0.25, 0.3) is 0 Å². The summed E-state index contributed by atoms with van der Waals surface area (Å²) in [6.07, 6.45) is 0. The second kappa shape index (κ2) is 5.95. The number of rotatable bonds is 4. The van der Waals surface area contributed by atoms with Crippen LogP contribution in [0.15, 0.2) is 48.5 Å².